The Bertz CT molecular complexity index is 945. The zero-order valence-corrected chi connectivity index (χ0v) is 19.5. The van der Waals surface area contributed by atoms with Crippen molar-refractivity contribution in [2.45, 2.75) is 65.2 Å². The smallest absolute Gasteiger partial charge is 0.119 e. The summed E-state index contributed by atoms with van der Waals surface area (Å²) in [6.07, 6.45) is 8.47. The lowest BCUT2D eigenvalue weighted by Gasteiger charge is -2.31. The third-order valence-corrected chi connectivity index (χ3v) is 5.55. The highest BCUT2D eigenvalue weighted by atomic mass is 16.5. The Morgan fingerprint density at radius 1 is 0.900 bits per heavy atom. The third kappa shape index (κ3) is 5.11. The molecule has 0 atom stereocenters. The summed E-state index contributed by atoms with van der Waals surface area (Å²) >= 11 is 0. The van der Waals surface area contributed by atoms with Crippen molar-refractivity contribution in [1.29, 1.82) is 0 Å². The van der Waals surface area contributed by atoms with E-state index in [4.69, 9.17) is 9.73 Å². The molecule has 0 saturated heterocycles. The maximum atomic E-state index is 5.33. The molecule has 0 radical (unpaired) electrons. The monoisotopic (exact) mass is 401 g/mol. The van der Waals surface area contributed by atoms with Gasteiger partial charge in [-0.25, -0.2) is 0 Å². The van der Waals surface area contributed by atoms with E-state index in [0.29, 0.717) is 0 Å². The number of allylic oxidation sites excluding steroid dienone is 4. The Balaban J connectivity index is 2.23. The minimum atomic E-state index is 0.0274. The second-order valence-corrected chi connectivity index (χ2v) is 10.1. The fourth-order valence-corrected chi connectivity index (χ4v) is 3.95. The van der Waals surface area contributed by atoms with E-state index in [1.807, 2.05) is 24.3 Å². The van der Waals surface area contributed by atoms with Gasteiger partial charge in [-0.3, -0.25) is 4.99 Å². The number of hydrogen-bond donors (Lipinski definition) is 0. The Morgan fingerprint density at radius 2 is 1.50 bits per heavy atom. The standard InChI is InChI=1S/C28H35NO/c1-27(2,3)23-13-10-14-24(28(4,5)6)26(23)25(19-20-11-8-9-12-20)29-21-15-17-22(30-7)18-16-21/h8-11,13-18H,12,19H2,1-7H3/b29-25-. The van der Waals surface area contributed by atoms with Crippen molar-refractivity contribution >= 4 is 11.4 Å². The van der Waals surface area contributed by atoms with E-state index in [9.17, 15) is 0 Å². The average Bonchev–Trinajstić information content (AvgIpc) is 3.19. The summed E-state index contributed by atoms with van der Waals surface area (Å²) in [7, 11) is 1.69. The average molecular weight is 402 g/mol. The van der Waals surface area contributed by atoms with Crippen LogP contribution in [0.25, 0.3) is 0 Å². The summed E-state index contributed by atoms with van der Waals surface area (Å²) < 4.78 is 5.33. The van der Waals surface area contributed by atoms with E-state index < -0.39 is 0 Å². The minimum absolute atomic E-state index is 0.0274. The van der Waals surface area contributed by atoms with E-state index >= 15 is 0 Å². The van der Waals surface area contributed by atoms with Crippen LogP contribution in [0.3, 0.4) is 0 Å². The first kappa shape index (κ1) is 22.1. The largest absolute Gasteiger partial charge is 0.497 e. The summed E-state index contributed by atoms with van der Waals surface area (Å²) in [4.78, 5) is 5.21. The molecule has 0 N–H and O–H groups in total. The molecule has 2 heteroatoms. The maximum absolute atomic E-state index is 5.33. The Morgan fingerprint density at radius 3 is 1.97 bits per heavy atom. The van der Waals surface area contributed by atoms with Gasteiger partial charge >= 0.3 is 0 Å². The second-order valence-electron chi connectivity index (χ2n) is 10.1. The van der Waals surface area contributed by atoms with Crippen LogP contribution in [0.2, 0.25) is 0 Å². The quantitative estimate of drug-likeness (QED) is 0.471. The van der Waals surface area contributed by atoms with Crippen LogP contribution >= 0.6 is 0 Å². The fourth-order valence-electron chi connectivity index (χ4n) is 3.95. The van der Waals surface area contributed by atoms with Crippen molar-refractivity contribution < 1.29 is 4.74 Å². The van der Waals surface area contributed by atoms with Crippen LogP contribution in [0.5, 0.6) is 5.75 Å². The van der Waals surface area contributed by atoms with Gasteiger partial charge in [-0.1, -0.05) is 83.5 Å². The first-order chi connectivity index (χ1) is 14.1. The van der Waals surface area contributed by atoms with Crippen molar-refractivity contribution in [3.8, 4) is 5.75 Å². The zero-order valence-electron chi connectivity index (χ0n) is 19.5. The number of nitrogens with zero attached hydrogens (tertiary/aromatic N) is 1. The van der Waals surface area contributed by atoms with E-state index in [-0.39, 0.29) is 10.8 Å². The van der Waals surface area contributed by atoms with Gasteiger partial charge < -0.3 is 4.74 Å². The molecular weight excluding hydrogens is 366 g/mol. The second kappa shape index (κ2) is 8.63. The predicted octanol–water partition coefficient (Wildman–Crippen LogP) is 7.69. The van der Waals surface area contributed by atoms with Crippen molar-refractivity contribution in [3.63, 3.8) is 0 Å². The van der Waals surface area contributed by atoms with E-state index in [0.717, 1.165) is 30.0 Å². The molecule has 0 aliphatic heterocycles. The van der Waals surface area contributed by atoms with E-state index in [1.165, 1.54) is 22.3 Å². The molecule has 0 saturated carbocycles. The number of benzene rings is 2. The maximum Gasteiger partial charge on any atom is 0.119 e. The number of hydrogen-bond acceptors (Lipinski definition) is 2. The van der Waals surface area contributed by atoms with Crippen molar-refractivity contribution in [2.75, 3.05) is 7.11 Å². The van der Waals surface area contributed by atoms with Crippen LogP contribution in [0.15, 0.2) is 71.3 Å². The van der Waals surface area contributed by atoms with Crippen LogP contribution in [-0.4, -0.2) is 12.8 Å². The molecule has 0 unspecified atom stereocenters. The first-order valence-corrected chi connectivity index (χ1v) is 10.8. The molecule has 1 aliphatic rings. The molecule has 2 aromatic rings. The molecule has 0 bridgehead atoms. The summed E-state index contributed by atoms with van der Waals surface area (Å²) in [6.45, 7) is 13.7. The molecule has 30 heavy (non-hydrogen) atoms. The number of methoxy groups -OCH3 is 1. The molecule has 0 heterocycles. The fraction of sp³-hybridized carbons (Fsp3) is 0.393. The Hall–Kier alpha value is -2.61. The first-order valence-electron chi connectivity index (χ1n) is 10.8. The Labute approximate surface area is 182 Å². The predicted molar refractivity (Wildman–Crippen MR) is 129 cm³/mol. The minimum Gasteiger partial charge on any atom is -0.497 e. The molecule has 2 aromatic carbocycles. The number of rotatable bonds is 5. The van der Waals surface area contributed by atoms with Crippen LogP contribution in [0.1, 0.15) is 71.1 Å². The van der Waals surface area contributed by atoms with E-state index in [2.05, 4.69) is 78.0 Å². The molecule has 0 spiro atoms. The van der Waals surface area contributed by atoms with Gasteiger partial charge in [0.05, 0.1) is 18.5 Å². The van der Waals surface area contributed by atoms with Crippen LogP contribution < -0.4 is 4.74 Å². The highest BCUT2D eigenvalue weighted by Crippen LogP contribution is 2.36. The van der Waals surface area contributed by atoms with Crippen LogP contribution in [-0.2, 0) is 10.8 Å². The normalized spacial score (nSPS) is 14.8. The van der Waals surface area contributed by atoms with Crippen molar-refractivity contribution in [1.82, 2.24) is 0 Å². The van der Waals surface area contributed by atoms with Gasteiger partial charge in [0.25, 0.3) is 0 Å². The number of aliphatic imine (C=N–C) groups is 1. The number of ether oxygens (including phenoxy) is 1. The molecule has 0 aromatic heterocycles. The van der Waals surface area contributed by atoms with Gasteiger partial charge in [0.1, 0.15) is 5.75 Å². The summed E-state index contributed by atoms with van der Waals surface area (Å²) in [5.41, 5.74) is 7.58. The lowest BCUT2D eigenvalue weighted by molar-refractivity contribution is 0.415. The molecule has 1 aliphatic carbocycles. The van der Waals surface area contributed by atoms with Crippen LogP contribution in [0, 0.1) is 0 Å². The van der Waals surface area contributed by atoms with Gasteiger partial charge in [0, 0.05) is 12.0 Å². The molecule has 158 valence electrons. The lowest BCUT2D eigenvalue weighted by atomic mass is 9.74. The third-order valence-electron chi connectivity index (χ3n) is 5.55. The molecule has 0 amide bonds. The molecule has 3 rings (SSSR count). The SMILES string of the molecule is COc1ccc(/N=C(/CC2=CC=CC2)c2c(C(C)(C)C)cccc2C(C)(C)C)cc1. The van der Waals surface area contributed by atoms with Gasteiger partial charge in [-0.2, -0.15) is 0 Å². The highest BCUT2D eigenvalue weighted by molar-refractivity contribution is 6.06. The molecule has 2 nitrogen and oxygen atoms in total. The van der Waals surface area contributed by atoms with Crippen LogP contribution in [0.4, 0.5) is 5.69 Å². The van der Waals surface area contributed by atoms with Gasteiger partial charge in [0.2, 0.25) is 0 Å². The zero-order chi connectivity index (χ0) is 21.9. The summed E-state index contributed by atoms with van der Waals surface area (Å²) in [6, 6.07) is 14.8. The van der Waals surface area contributed by atoms with Crippen molar-refractivity contribution in [3.05, 3.63) is 83.0 Å². The molecule has 0 fully saturated rings. The van der Waals surface area contributed by atoms with Gasteiger partial charge in [-0.15, -0.1) is 0 Å². The highest BCUT2D eigenvalue weighted by Gasteiger charge is 2.28. The van der Waals surface area contributed by atoms with Gasteiger partial charge in [0.15, 0.2) is 0 Å². The summed E-state index contributed by atoms with van der Waals surface area (Å²) in [5, 5.41) is 0. The van der Waals surface area contributed by atoms with E-state index in [1.54, 1.807) is 7.11 Å². The molecular formula is C28H35NO. The van der Waals surface area contributed by atoms with Gasteiger partial charge in [-0.05, 0) is 52.6 Å². The summed E-state index contributed by atoms with van der Waals surface area (Å²) in [5.74, 6) is 0.851. The van der Waals surface area contributed by atoms with Crippen molar-refractivity contribution in [2.24, 2.45) is 4.99 Å². The topological polar surface area (TPSA) is 21.6 Å². The lowest BCUT2D eigenvalue weighted by Crippen LogP contribution is -2.24. The Kier molecular flexibility index (Phi) is 6.36.